The Morgan fingerprint density at radius 3 is 2.95 bits per heavy atom. The maximum absolute atomic E-state index is 6.00. The molecule has 1 aromatic carbocycles. The fourth-order valence-corrected chi connectivity index (χ4v) is 2.46. The minimum absolute atomic E-state index is 0.224. The van der Waals surface area contributed by atoms with Crippen molar-refractivity contribution in [3.63, 3.8) is 0 Å². The second kappa shape index (κ2) is 8.90. The summed E-state index contributed by atoms with van der Waals surface area (Å²) in [4.78, 5) is 0. The van der Waals surface area contributed by atoms with Gasteiger partial charge in [-0.15, -0.1) is 0 Å². The first kappa shape index (κ1) is 16.1. The van der Waals surface area contributed by atoms with Crippen LogP contribution >= 0.6 is 0 Å². The first-order valence-electron chi connectivity index (χ1n) is 7.95. The highest BCUT2D eigenvalue weighted by molar-refractivity contribution is 5.40. The predicted octanol–water partition coefficient (Wildman–Crippen LogP) is 3.14. The standard InChI is InChI=1S/C17H27NO3/c1-3-9-18-12-14-7-8-15(19-2)11-17(14)21-13-16-6-4-5-10-20-16/h7-8,11,16,18H,3-6,9-10,12-13H2,1-2H3. The first-order chi connectivity index (χ1) is 10.3. The van der Waals surface area contributed by atoms with Gasteiger partial charge in [0, 0.05) is 24.8 Å². The zero-order valence-electron chi connectivity index (χ0n) is 13.2. The lowest BCUT2D eigenvalue weighted by Crippen LogP contribution is -2.26. The Morgan fingerprint density at radius 1 is 1.33 bits per heavy atom. The van der Waals surface area contributed by atoms with Gasteiger partial charge in [-0.3, -0.25) is 0 Å². The molecule has 0 amide bonds. The Bertz CT molecular complexity index is 416. The summed E-state index contributed by atoms with van der Waals surface area (Å²) in [5, 5.41) is 3.42. The molecular formula is C17H27NO3. The number of nitrogens with one attached hydrogen (secondary N) is 1. The smallest absolute Gasteiger partial charge is 0.127 e. The van der Waals surface area contributed by atoms with Crippen LogP contribution < -0.4 is 14.8 Å². The van der Waals surface area contributed by atoms with Crippen LogP contribution in [0.3, 0.4) is 0 Å². The van der Waals surface area contributed by atoms with Crippen LogP contribution in [-0.2, 0) is 11.3 Å². The van der Waals surface area contributed by atoms with Crippen molar-refractivity contribution in [2.24, 2.45) is 0 Å². The average molecular weight is 293 g/mol. The molecule has 0 aromatic heterocycles. The molecule has 118 valence electrons. The third-order valence-electron chi connectivity index (χ3n) is 3.72. The van der Waals surface area contributed by atoms with Crippen molar-refractivity contribution < 1.29 is 14.2 Å². The molecule has 1 atom stereocenters. The van der Waals surface area contributed by atoms with E-state index in [1.165, 1.54) is 18.4 Å². The summed E-state index contributed by atoms with van der Waals surface area (Å²) >= 11 is 0. The molecule has 0 spiro atoms. The quantitative estimate of drug-likeness (QED) is 0.747. The molecule has 0 saturated carbocycles. The molecule has 1 heterocycles. The van der Waals surface area contributed by atoms with E-state index >= 15 is 0 Å². The highest BCUT2D eigenvalue weighted by Crippen LogP contribution is 2.26. The van der Waals surface area contributed by atoms with Gasteiger partial charge in [0.2, 0.25) is 0 Å². The molecule has 1 aliphatic heterocycles. The van der Waals surface area contributed by atoms with Crippen LogP contribution in [0.1, 0.15) is 38.2 Å². The minimum Gasteiger partial charge on any atom is -0.497 e. The van der Waals surface area contributed by atoms with Crippen LogP contribution in [0.2, 0.25) is 0 Å². The summed E-state index contributed by atoms with van der Waals surface area (Å²) in [6.45, 7) is 5.47. The number of hydrogen-bond donors (Lipinski definition) is 1. The molecule has 0 bridgehead atoms. The monoisotopic (exact) mass is 293 g/mol. The SMILES string of the molecule is CCCNCc1ccc(OC)cc1OCC1CCCCO1. The summed E-state index contributed by atoms with van der Waals surface area (Å²) in [6, 6.07) is 6.01. The van der Waals surface area contributed by atoms with E-state index in [9.17, 15) is 0 Å². The largest absolute Gasteiger partial charge is 0.497 e. The maximum atomic E-state index is 6.00. The van der Waals surface area contributed by atoms with Crippen LogP contribution in [-0.4, -0.2) is 33.0 Å². The van der Waals surface area contributed by atoms with Crippen LogP contribution in [0, 0.1) is 0 Å². The number of ether oxygens (including phenoxy) is 3. The van der Waals surface area contributed by atoms with Crippen LogP contribution in [0.4, 0.5) is 0 Å². The molecule has 1 N–H and O–H groups in total. The van der Waals surface area contributed by atoms with Gasteiger partial charge in [-0.2, -0.15) is 0 Å². The fourth-order valence-electron chi connectivity index (χ4n) is 2.46. The van der Waals surface area contributed by atoms with Crippen molar-refractivity contribution in [2.75, 3.05) is 26.9 Å². The van der Waals surface area contributed by atoms with Gasteiger partial charge in [0.05, 0.1) is 13.2 Å². The van der Waals surface area contributed by atoms with Crippen molar-refractivity contribution in [2.45, 2.75) is 45.3 Å². The molecule has 1 aromatic rings. The first-order valence-corrected chi connectivity index (χ1v) is 7.95. The van der Waals surface area contributed by atoms with Gasteiger partial charge in [0.25, 0.3) is 0 Å². The molecule has 1 saturated heterocycles. The molecule has 1 fully saturated rings. The maximum Gasteiger partial charge on any atom is 0.127 e. The van der Waals surface area contributed by atoms with Gasteiger partial charge in [-0.05, 0) is 38.3 Å². The summed E-state index contributed by atoms with van der Waals surface area (Å²) in [5.41, 5.74) is 1.17. The van der Waals surface area contributed by atoms with Gasteiger partial charge < -0.3 is 19.5 Å². The van der Waals surface area contributed by atoms with E-state index < -0.39 is 0 Å². The van der Waals surface area contributed by atoms with Gasteiger partial charge >= 0.3 is 0 Å². The van der Waals surface area contributed by atoms with Crippen molar-refractivity contribution >= 4 is 0 Å². The van der Waals surface area contributed by atoms with Crippen molar-refractivity contribution in [3.8, 4) is 11.5 Å². The zero-order valence-corrected chi connectivity index (χ0v) is 13.2. The van der Waals surface area contributed by atoms with Crippen molar-refractivity contribution in [1.82, 2.24) is 5.32 Å². The average Bonchev–Trinajstić information content (AvgIpc) is 2.55. The molecule has 4 heteroatoms. The molecule has 2 rings (SSSR count). The summed E-state index contributed by atoms with van der Waals surface area (Å²) in [6.07, 6.45) is 4.84. The highest BCUT2D eigenvalue weighted by atomic mass is 16.5. The Morgan fingerprint density at radius 2 is 2.24 bits per heavy atom. The fraction of sp³-hybridized carbons (Fsp3) is 0.647. The van der Waals surface area contributed by atoms with Crippen molar-refractivity contribution in [3.05, 3.63) is 23.8 Å². The second-order valence-corrected chi connectivity index (χ2v) is 5.45. The third kappa shape index (κ3) is 5.21. The molecule has 4 nitrogen and oxygen atoms in total. The zero-order chi connectivity index (χ0) is 14.9. The number of rotatable bonds is 8. The van der Waals surface area contributed by atoms with E-state index in [0.717, 1.165) is 44.0 Å². The van der Waals surface area contributed by atoms with Gasteiger partial charge in [0.1, 0.15) is 18.1 Å². The molecule has 1 unspecified atom stereocenters. The molecule has 1 aliphatic rings. The van der Waals surface area contributed by atoms with E-state index in [1.807, 2.05) is 12.1 Å². The molecule has 21 heavy (non-hydrogen) atoms. The van der Waals surface area contributed by atoms with E-state index in [4.69, 9.17) is 14.2 Å². The van der Waals surface area contributed by atoms with Gasteiger partial charge in [0.15, 0.2) is 0 Å². The van der Waals surface area contributed by atoms with Crippen LogP contribution in [0.15, 0.2) is 18.2 Å². The highest BCUT2D eigenvalue weighted by Gasteiger charge is 2.15. The summed E-state index contributed by atoms with van der Waals surface area (Å²) in [5.74, 6) is 1.72. The van der Waals surface area contributed by atoms with Crippen LogP contribution in [0.5, 0.6) is 11.5 Å². The van der Waals surface area contributed by atoms with Crippen LogP contribution in [0.25, 0.3) is 0 Å². The molecule has 0 aliphatic carbocycles. The van der Waals surface area contributed by atoms with E-state index in [0.29, 0.717) is 6.61 Å². The summed E-state index contributed by atoms with van der Waals surface area (Å²) in [7, 11) is 1.68. The topological polar surface area (TPSA) is 39.7 Å². The lowest BCUT2D eigenvalue weighted by Gasteiger charge is -2.23. The normalized spacial score (nSPS) is 18.5. The lowest BCUT2D eigenvalue weighted by atomic mass is 10.1. The number of benzene rings is 1. The Kier molecular flexibility index (Phi) is 6.83. The lowest BCUT2D eigenvalue weighted by molar-refractivity contribution is -0.0112. The van der Waals surface area contributed by atoms with Gasteiger partial charge in [-0.25, -0.2) is 0 Å². The van der Waals surface area contributed by atoms with Gasteiger partial charge in [-0.1, -0.05) is 13.0 Å². The Labute approximate surface area is 127 Å². The van der Waals surface area contributed by atoms with Crippen molar-refractivity contribution in [1.29, 1.82) is 0 Å². The molecule has 0 radical (unpaired) electrons. The second-order valence-electron chi connectivity index (χ2n) is 5.45. The Hall–Kier alpha value is -1.26. The number of methoxy groups -OCH3 is 1. The van der Waals surface area contributed by atoms with E-state index in [2.05, 4.69) is 18.3 Å². The summed E-state index contributed by atoms with van der Waals surface area (Å²) < 4.78 is 17.0. The predicted molar refractivity (Wildman–Crippen MR) is 84.1 cm³/mol. The van der Waals surface area contributed by atoms with E-state index in [-0.39, 0.29) is 6.10 Å². The number of hydrogen-bond acceptors (Lipinski definition) is 4. The Balaban J connectivity index is 1.96. The molecular weight excluding hydrogens is 266 g/mol. The third-order valence-corrected chi connectivity index (χ3v) is 3.72. The van der Waals surface area contributed by atoms with E-state index in [1.54, 1.807) is 7.11 Å². The minimum atomic E-state index is 0.224.